The third-order valence-corrected chi connectivity index (χ3v) is 6.21. The molecule has 5 N–H and O–H groups in total. The zero-order valence-corrected chi connectivity index (χ0v) is 19.1. The van der Waals surface area contributed by atoms with Crippen LogP contribution in [0, 0.1) is 0 Å². The predicted molar refractivity (Wildman–Crippen MR) is 132 cm³/mol. The van der Waals surface area contributed by atoms with Crippen molar-refractivity contribution in [1.29, 1.82) is 0 Å². The van der Waals surface area contributed by atoms with E-state index in [0.29, 0.717) is 22.9 Å². The highest BCUT2D eigenvalue weighted by molar-refractivity contribution is 6.36. The summed E-state index contributed by atoms with van der Waals surface area (Å²) in [5.74, 6) is 0.447. The molecule has 1 amide bonds. The van der Waals surface area contributed by atoms with Gasteiger partial charge in [0.1, 0.15) is 11.4 Å². The van der Waals surface area contributed by atoms with Crippen LogP contribution in [0.25, 0.3) is 28.2 Å². The van der Waals surface area contributed by atoms with E-state index in [4.69, 9.17) is 17.3 Å². The van der Waals surface area contributed by atoms with Gasteiger partial charge in [0, 0.05) is 23.7 Å². The first-order valence-corrected chi connectivity index (χ1v) is 11.2. The van der Waals surface area contributed by atoms with Crippen molar-refractivity contribution in [3.63, 3.8) is 0 Å². The number of aromatic nitrogens is 4. The molecule has 168 valence electrons. The van der Waals surface area contributed by atoms with Gasteiger partial charge in [-0.25, -0.2) is 4.68 Å². The van der Waals surface area contributed by atoms with Crippen LogP contribution in [0.15, 0.2) is 42.5 Å². The molecule has 1 aliphatic rings. The first kappa shape index (κ1) is 21.1. The summed E-state index contributed by atoms with van der Waals surface area (Å²) in [6.07, 6.45) is 4.45. The van der Waals surface area contributed by atoms with Gasteiger partial charge in [0.15, 0.2) is 5.82 Å². The highest BCUT2D eigenvalue weighted by atomic mass is 35.5. The Morgan fingerprint density at radius 3 is 2.88 bits per heavy atom. The summed E-state index contributed by atoms with van der Waals surface area (Å²) >= 11 is 6.72. The van der Waals surface area contributed by atoms with E-state index in [1.54, 1.807) is 10.9 Å². The Morgan fingerprint density at radius 2 is 2.12 bits per heavy atom. The lowest BCUT2D eigenvalue weighted by Gasteiger charge is -2.20. The molecule has 0 bridgehead atoms. The normalized spacial score (nSPS) is 13.5. The molecule has 0 saturated carbocycles. The molecule has 0 spiro atoms. The third kappa shape index (κ3) is 3.52. The van der Waals surface area contributed by atoms with Gasteiger partial charge in [0.25, 0.3) is 5.91 Å². The molecule has 1 aliphatic heterocycles. The minimum atomic E-state index is -0.364. The van der Waals surface area contributed by atoms with E-state index in [2.05, 4.69) is 25.9 Å². The molecule has 2 aromatic carbocycles. The summed E-state index contributed by atoms with van der Waals surface area (Å²) in [6, 6.07) is 11.6. The van der Waals surface area contributed by atoms with Gasteiger partial charge in [0.05, 0.1) is 22.3 Å². The summed E-state index contributed by atoms with van der Waals surface area (Å²) < 4.78 is 1.58. The Bertz CT molecular complexity index is 1390. The van der Waals surface area contributed by atoms with Crippen molar-refractivity contribution in [3.8, 4) is 11.1 Å². The summed E-state index contributed by atoms with van der Waals surface area (Å²) in [7, 11) is 0. The molecule has 1 unspecified atom stereocenters. The topological polar surface area (TPSA) is 114 Å². The van der Waals surface area contributed by atoms with E-state index in [1.807, 2.05) is 56.3 Å². The largest absolute Gasteiger partial charge is 0.381 e. The van der Waals surface area contributed by atoms with Crippen LogP contribution in [-0.4, -0.2) is 32.4 Å². The standard InChI is InChI=1S/C24H24ClN7O/c1-3-17-19-16(25)12-15(18(21(19)30-29-17)14-8-5-4-6-9-14)13(2)28-24(33)20-22(26)31-32-11-7-10-27-23(20)32/h4-9,11-13,27H,3,10H2,1-2H3,(H2,26,31)(H,28,33)(H,29,30). The fourth-order valence-corrected chi connectivity index (χ4v) is 4.68. The number of carbonyl (C=O) groups excluding carboxylic acids is 1. The number of nitrogens with one attached hydrogen (secondary N) is 3. The Labute approximate surface area is 195 Å². The molecule has 0 aliphatic carbocycles. The first-order chi connectivity index (χ1) is 16.0. The Hall–Kier alpha value is -3.78. The van der Waals surface area contributed by atoms with Crippen LogP contribution in [0.1, 0.15) is 41.5 Å². The molecule has 3 heterocycles. The number of carbonyl (C=O) groups is 1. The van der Waals surface area contributed by atoms with E-state index in [0.717, 1.165) is 39.7 Å². The van der Waals surface area contributed by atoms with Crippen molar-refractivity contribution in [2.24, 2.45) is 0 Å². The van der Waals surface area contributed by atoms with Crippen LogP contribution in [0.3, 0.4) is 0 Å². The Balaban J connectivity index is 1.59. The van der Waals surface area contributed by atoms with Crippen LogP contribution >= 0.6 is 11.6 Å². The van der Waals surface area contributed by atoms with Gasteiger partial charge in [-0.3, -0.25) is 9.89 Å². The van der Waals surface area contributed by atoms with Gasteiger partial charge in [-0.15, -0.1) is 5.10 Å². The maximum atomic E-state index is 13.3. The van der Waals surface area contributed by atoms with Crippen LogP contribution < -0.4 is 16.4 Å². The van der Waals surface area contributed by atoms with Crippen molar-refractivity contribution in [2.45, 2.75) is 26.3 Å². The molecule has 1 atom stereocenters. The van der Waals surface area contributed by atoms with Gasteiger partial charge in [-0.2, -0.15) is 5.10 Å². The summed E-state index contributed by atoms with van der Waals surface area (Å²) in [4.78, 5) is 13.3. The van der Waals surface area contributed by atoms with Crippen molar-refractivity contribution in [1.82, 2.24) is 25.3 Å². The lowest BCUT2D eigenvalue weighted by Crippen LogP contribution is -2.28. The van der Waals surface area contributed by atoms with Crippen molar-refractivity contribution >= 4 is 46.2 Å². The molecular formula is C24H24ClN7O. The minimum absolute atomic E-state index is 0.173. The second kappa shape index (κ2) is 8.29. The maximum absolute atomic E-state index is 13.3. The van der Waals surface area contributed by atoms with Gasteiger partial charge in [-0.05, 0) is 36.6 Å². The number of hydrogen-bond acceptors (Lipinski definition) is 5. The van der Waals surface area contributed by atoms with Gasteiger partial charge in [0.2, 0.25) is 0 Å². The number of aryl methyl sites for hydroxylation is 1. The molecule has 0 radical (unpaired) electrons. The number of rotatable bonds is 5. The number of aromatic amines is 1. The fourth-order valence-electron chi connectivity index (χ4n) is 4.36. The quantitative estimate of drug-likeness (QED) is 0.346. The van der Waals surface area contributed by atoms with Crippen LogP contribution in [0.4, 0.5) is 11.6 Å². The number of amides is 1. The number of nitrogens with zero attached hydrogens (tertiary/aromatic N) is 3. The van der Waals surface area contributed by atoms with E-state index >= 15 is 0 Å². The summed E-state index contributed by atoms with van der Waals surface area (Å²) in [5.41, 5.74) is 11.0. The molecule has 9 heteroatoms. The number of halogens is 1. The third-order valence-electron chi connectivity index (χ3n) is 5.91. The van der Waals surface area contributed by atoms with Crippen molar-refractivity contribution < 1.29 is 4.79 Å². The van der Waals surface area contributed by atoms with E-state index in [-0.39, 0.29) is 17.8 Å². The SMILES string of the molecule is CCc1n[nH]c2c(-c3ccccc3)c(C(C)NC(=O)c3c(N)nn4c3NCC=C4)cc(Cl)c12. The highest BCUT2D eigenvalue weighted by Gasteiger charge is 2.26. The average molecular weight is 462 g/mol. The number of benzene rings is 2. The van der Waals surface area contributed by atoms with Crippen LogP contribution in [0.5, 0.6) is 0 Å². The predicted octanol–water partition coefficient (Wildman–Crippen LogP) is 4.61. The molecule has 33 heavy (non-hydrogen) atoms. The summed E-state index contributed by atoms with van der Waals surface area (Å²) in [5, 5.41) is 19.6. The molecule has 2 aromatic heterocycles. The number of fused-ring (bicyclic) bond motifs is 2. The lowest BCUT2D eigenvalue weighted by atomic mass is 9.92. The smallest absolute Gasteiger partial charge is 0.259 e. The number of anilines is 2. The Morgan fingerprint density at radius 1 is 1.33 bits per heavy atom. The summed E-state index contributed by atoms with van der Waals surface area (Å²) in [6.45, 7) is 4.58. The van der Waals surface area contributed by atoms with Crippen molar-refractivity contribution in [3.05, 3.63) is 64.3 Å². The lowest BCUT2D eigenvalue weighted by molar-refractivity contribution is 0.0941. The zero-order valence-electron chi connectivity index (χ0n) is 18.3. The van der Waals surface area contributed by atoms with Crippen LogP contribution in [0.2, 0.25) is 5.02 Å². The molecular weight excluding hydrogens is 438 g/mol. The number of nitrogen functional groups attached to an aromatic ring is 1. The fraction of sp³-hybridized carbons (Fsp3) is 0.208. The van der Waals surface area contributed by atoms with Gasteiger partial charge >= 0.3 is 0 Å². The molecule has 0 saturated heterocycles. The number of hydrogen-bond donors (Lipinski definition) is 4. The molecule has 8 nitrogen and oxygen atoms in total. The van der Waals surface area contributed by atoms with E-state index < -0.39 is 0 Å². The van der Waals surface area contributed by atoms with E-state index in [9.17, 15) is 4.79 Å². The number of nitrogens with two attached hydrogens (primary N) is 1. The average Bonchev–Trinajstić information content (AvgIpc) is 3.40. The van der Waals surface area contributed by atoms with E-state index in [1.165, 1.54) is 0 Å². The van der Waals surface area contributed by atoms with Gasteiger partial charge < -0.3 is 16.4 Å². The molecule has 5 rings (SSSR count). The maximum Gasteiger partial charge on any atom is 0.259 e. The monoisotopic (exact) mass is 461 g/mol. The first-order valence-electron chi connectivity index (χ1n) is 10.8. The zero-order chi connectivity index (χ0) is 23.1. The molecule has 0 fully saturated rings. The van der Waals surface area contributed by atoms with Crippen LogP contribution in [-0.2, 0) is 6.42 Å². The second-order valence-corrected chi connectivity index (χ2v) is 8.38. The van der Waals surface area contributed by atoms with Gasteiger partial charge in [-0.1, -0.05) is 48.9 Å². The Kier molecular flexibility index (Phi) is 5.30. The number of H-pyrrole nitrogens is 1. The minimum Gasteiger partial charge on any atom is -0.381 e. The second-order valence-electron chi connectivity index (χ2n) is 7.98. The van der Waals surface area contributed by atoms with Crippen molar-refractivity contribution in [2.75, 3.05) is 17.6 Å². The molecule has 4 aromatic rings. The highest BCUT2D eigenvalue weighted by Crippen LogP contribution is 2.39.